The Bertz CT molecular complexity index is 924. The quantitative estimate of drug-likeness (QED) is 0.555. The summed E-state index contributed by atoms with van der Waals surface area (Å²) >= 11 is 0. The number of sulfonamides is 1. The summed E-state index contributed by atoms with van der Waals surface area (Å²) in [5.74, 6) is 0.124. The van der Waals surface area contributed by atoms with Gasteiger partial charge in [-0.3, -0.25) is 9.10 Å². The summed E-state index contributed by atoms with van der Waals surface area (Å²) in [6, 6.07) is 13.9. The SMILES string of the molecule is CCCCC(CC)CNC(=O)CN(c1ccccc1C)S(=O)(=O)c1ccc(C)cc1. The number of nitrogens with one attached hydrogen (secondary N) is 1. The van der Waals surface area contributed by atoms with Crippen molar-refractivity contribution in [2.45, 2.75) is 58.3 Å². The van der Waals surface area contributed by atoms with Gasteiger partial charge in [0.15, 0.2) is 0 Å². The summed E-state index contributed by atoms with van der Waals surface area (Å²) < 4.78 is 28.0. The van der Waals surface area contributed by atoms with E-state index in [1.165, 1.54) is 4.31 Å². The Labute approximate surface area is 181 Å². The number of hydrogen-bond acceptors (Lipinski definition) is 3. The third-order valence-corrected chi connectivity index (χ3v) is 7.19. The summed E-state index contributed by atoms with van der Waals surface area (Å²) in [6.07, 6.45) is 4.31. The lowest BCUT2D eigenvalue weighted by atomic mass is 9.99. The van der Waals surface area contributed by atoms with Crippen LogP contribution in [0.3, 0.4) is 0 Å². The molecule has 2 aromatic carbocycles. The van der Waals surface area contributed by atoms with Gasteiger partial charge >= 0.3 is 0 Å². The van der Waals surface area contributed by atoms with Crippen molar-refractivity contribution in [1.29, 1.82) is 0 Å². The maximum absolute atomic E-state index is 13.4. The van der Waals surface area contributed by atoms with E-state index in [0.717, 1.165) is 36.8 Å². The first kappa shape index (κ1) is 23.9. The second-order valence-corrected chi connectivity index (χ2v) is 9.69. The second kappa shape index (κ2) is 11.2. The van der Waals surface area contributed by atoms with Gasteiger partial charge in [-0.05, 0) is 49.9 Å². The van der Waals surface area contributed by atoms with Crippen LogP contribution in [0.1, 0.15) is 50.7 Å². The van der Waals surface area contributed by atoms with E-state index in [9.17, 15) is 13.2 Å². The fourth-order valence-electron chi connectivity index (χ4n) is 3.37. The van der Waals surface area contributed by atoms with Crippen molar-refractivity contribution in [3.8, 4) is 0 Å². The predicted molar refractivity (Wildman–Crippen MR) is 123 cm³/mol. The van der Waals surface area contributed by atoms with Crippen molar-refractivity contribution < 1.29 is 13.2 Å². The van der Waals surface area contributed by atoms with E-state index in [2.05, 4.69) is 19.2 Å². The summed E-state index contributed by atoms with van der Waals surface area (Å²) in [5.41, 5.74) is 2.30. The summed E-state index contributed by atoms with van der Waals surface area (Å²) in [7, 11) is -3.87. The average molecular weight is 431 g/mol. The molecule has 0 bridgehead atoms. The van der Waals surface area contributed by atoms with Gasteiger partial charge in [-0.25, -0.2) is 8.42 Å². The number of nitrogens with zero attached hydrogens (tertiary/aromatic N) is 1. The first-order valence-corrected chi connectivity index (χ1v) is 12.1. The van der Waals surface area contributed by atoms with Gasteiger partial charge in [0.2, 0.25) is 5.91 Å². The Kier molecular flexibility index (Phi) is 8.90. The van der Waals surface area contributed by atoms with Crippen LogP contribution in [0.25, 0.3) is 0 Å². The van der Waals surface area contributed by atoms with Gasteiger partial charge in [0, 0.05) is 6.54 Å². The molecule has 0 spiro atoms. The standard InChI is InChI=1S/C24H34N2O3S/c1-5-7-11-21(6-2)17-25-24(27)18-26(23-12-9-8-10-20(23)4)30(28,29)22-15-13-19(3)14-16-22/h8-10,12-16,21H,5-7,11,17-18H2,1-4H3,(H,25,27). The highest BCUT2D eigenvalue weighted by atomic mass is 32.2. The highest BCUT2D eigenvalue weighted by Gasteiger charge is 2.28. The number of amides is 1. The second-order valence-electron chi connectivity index (χ2n) is 7.83. The lowest BCUT2D eigenvalue weighted by Gasteiger charge is -2.26. The van der Waals surface area contributed by atoms with E-state index < -0.39 is 10.0 Å². The topological polar surface area (TPSA) is 66.5 Å². The lowest BCUT2D eigenvalue weighted by Crippen LogP contribution is -2.42. The molecule has 2 aromatic rings. The summed E-state index contributed by atoms with van der Waals surface area (Å²) in [5, 5.41) is 2.95. The van der Waals surface area contributed by atoms with Crippen LogP contribution in [-0.4, -0.2) is 27.4 Å². The van der Waals surface area contributed by atoms with Gasteiger partial charge in [-0.1, -0.05) is 69.0 Å². The Morgan fingerprint density at radius 2 is 1.70 bits per heavy atom. The van der Waals surface area contributed by atoms with Crippen molar-refractivity contribution >= 4 is 21.6 Å². The zero-order valence-corrected chi connectivity index (χ0v) is 19.3. The molecule has 1 N–H and O–H groups in total. The highest BCUT2D eigenvalue weighted by Crippen LogP contribution is 2.26. The van der Waals surface area contributed by atoms with Crippen molar-refractivity contribution in [2.24, 2.45) is 5.92 Å². The number of aryl methyl sites for hydroxylation is 2. The first-order valence-electron chi connectivity index (χ1n) is 10.7. The zero-order chi connectivity index (χ0) is 22.1. The summed E-state index contributed by atoms with van der Waals surface area (Å²) in [6.45, 7) is 8.36. The predicted octanol–water partition coefficient (Wildman–Crippen LogP) is 4.83. The molecule has 0 heterocycles. The number of rotatable bonds is 11. The third kappa shape index (κ3) is 6.33. The molecule has 0 fully saturated rings. The van der Waals surface area contributed by atoms with Crippen LogP contribution >= 0.6 is 0 Å². The van der Waals surface area contributed by atoms with Crippen LogP contribution in [-0.2, 0) is 14.8 Å². The van der Waals surface area contributed by atoms with Gasteiger partial charge < -0.3 is 5.32 Å². The number of anilines is 1. The van der Waals surface area contributed by atoms with Crippen LogP contribution in [0.5, 0.6) is 0 Å². The minimum Gasteiger partial charge on any atom is -0.354 e. The smallest absolute Gasteiger partial charge is 0.264 e. The Morgan fingerprint density at radius 3 is 2.30 bits per heavy atom. The molecule has 5 nitrogen and oxygen atoms in total. The van der Waals surface area contributed by atoms with Gasteiger partial charge in [0.25, 0.3) is 10.0 Å². The molecule has 0 saturated heterocycles. The molecule has 0 radical (unpaired) electrons. The number of unbranched alkanes of at least 4 members (excludes halogenated alkanes) is 1. The number of benzene rings is 2. The molecule has 1 unspecified atom stereocenters. The Morgan fingerprint density at radius 1 is 1.03 bits per heavy atom. The molecule has 30 heavy (non-hydrogen) atoms. The number of para-hydroxylation sites is 1. The van der Waals surface area contributed by atoms with Crippen LogP contribution in [0.4, 0.5) is 5.69 Å². The van der Waals surface area contributed by atoms with Crippen LogP contribution in [0.2, 0.25) is 0 Å². The zero-order valence-electron chi connectivity index (χ0n) is 18.5. The normalized spacial score (nSPS) is 12.4. The molecular formula is C24H34N2O3S. The fourth-order valence-corrected chi connectivity index (χ4v) is 4.85. The Hall–Kier alpha value is -2.34. The van der Waals surface area contributed by atoms with Crippen molar-refractivity contribution in [1.82, 2.24) is 5.32 Å². The summed E-state index contributed by atoms with van der Waals surface area (Å²) in [4.78, 5) is 12.9. The molecule has 0 saturated carbocycles. The lowest BCUT2D eigenvalue weighted by molar-refractivity contribution is -0.119. The number of carbonyl (C=O) groups excluding carboxylic acids is 1. The molecule has 1 amide bonds. The molecule has 1 atom stereocenters. The molecule has 6 heteroatoms. The maximum Gasteiger partial charge on any atom is 0.264 e. The highest BCUT2D eigenvalue weighted by molar-refractivity contribution is 7.92. The van der Waals surface area contributed by atoms with Crippen molar-refractivity contribution in [3.05, 3.63) is 59.7 Å². The molecule has 2 rings (SSSR count). The maximum atomic E-state index is 13.4. The van der Waals surface area contributed by atoms with Crippen molar-refractivity contribution in [3.63, 3.8) is 0 Å². The Balaban J connectivity index is 2.26. The van der Waals surface area contributed by atoms with E-state index in [1.54, 1.807) is 36.4 Å². The van der Waals surface area contributed by atoms with E-state index in [0.29, 0.717) is 18.2 Å². The van der Waals surface area contributed by atoms with Gasteiger partial charge in [0.1, 0.15) is 6.54 Å². The van der Waals surface area contributed by atoms with Crippen LogP contribution < -0.4 is 9.62 Å². The minimum absolute atomic E-state index is 0.179. The monoisotopic (exact) mass is 430 g/mol. The van der Waals surface area contributed by atoms with E-state index in [1.807, 2.05) is 26.0 Å². The van der Waals surface area contributed by atoms with Crippen molar-refractivity contribution in [2.75, 3.05) is 17.4 Å². The molecule has 0 aliphatic heterocycles. The fraction of sp³-hybridized carbons (Fsp3) is 0.458. The largest absolute Gasteiger partial charge is 0.354 e. The van der Waals surface area contributed by atoms with Crippen LogP contribution in [0, 0.1) is 19.8 Å². The molecule has 0 aliphatic rings. The third-order valence-electron chi connectivity index (χ3n) is 5.41. The molecular weight excluding hydrogens is 396 g/mol. The molecule has 164 valence electrons. The molecule has 0 aliphatic carbocycles. The number of carbonyl (C=O) groups is 1. The molecule has 0 aromatic heterocycles. The van der Waals surface area contributed by atoms with Crippen LogP contribution in [0.15, 0.2) is 53.4 Å². The van der Waals surface area contributed by atoms with E-state index >= 15 is 0 Å². The average Bonchev–Trinajstić information content (AvgIpc) is 2.73. The van der Waals surface area contributed by atoms with Gasteiger partial charge in [-0.2, -0.15) is 0 Å². The minimum atomic E-state index is -3.87. The van der Waals surface area contributed by atoms with Gasteiger partial charge in [0.05, 0.1) is 10.6 Å². The van der Waals surface area contributed by atoms with E-state index in [4.69, 9.17) is 0 Å². The first-order chi connectivity index (χ1) is 14.3. The number of hydrogen-bond donors (Lipinski definition) is 1. The van der Waals surface area contributed by atoms with Gasteiger partial charge in [-0.15, -0.1) is 0 Å². The van der Waals surface area contributed by atoms with E-state index in [-0.39, 0.29) is 17.3 Å².